The van der Waals surface area contributed by atoms with E-state index in [2.05, 4.69) is 23.6 Å². The van der Waals surface area contributed by atoms with Crippen molar-refractivity contribution in [3.63, 3.8) is 0 Å². The number of rotatable bonds is 0. The lowest BCUT2D eigenvalue weighted by molar-refractivity contribution is 0.651. The molecule has 0 spiro atoms. The van der Waals surface area contributed by atoms with Crippen LogP contribution in [0.4, 0.5) is 0 Å². The van der Waals surface area contributed by atoms with Gasteiger partial charge in [0, 0.05) is 5.57 Å². The number of hydrogen-bond donors (Lipinski definition) is 0. The van der Waals surface area contributed by atoms with Crippen molar-refractivity contribution in [2.75, 3.05) is 0 Å². The zero-order valence-electron chi connectivity index (χ0n) is 9.97. The van der Waals surface area contributed by atoms with Crippen LogP contribution in [0.15, 0.2) is 34.8 Å². The van der Waals surface area contributed by atoms with Crippen LogP contribution in [-0.2, 0) is 0 Å². The molecule has 84 valence electrons. The Kier molecular flexibility index (Phi) is 2.87. The highest BCUT2D eigenvalue weighted by Gasteiger charge is 2.47. The van der Waals surface area contributed by atoms with Crippen LogP contribution in [-0.4, -0.2) is 0 Å². The first kappa shape index (κ1) is 10.2. The molecule has 1 unspecified atom stereocenters. The minimum absolute atomic E-state index is 0.909. The van der Waals surface area contributed by atoms with Crippen LogP contribution in [0.3, 0.4) is 0 Å². The maximum atomic E-state index is 3.40. The van der Waals surface area contributed by atoms with Crippen LogP contribution < -0.4 is 0 Å². The van der Waals surface area contributed by atoms with Gasteiger partial charge in [-0.1, -0.05) is 30.4 Å². The van der Waals surface area contributed by atoms with Gasteiger partial charge in [0.05, 0.1) is 0 Å². The Labute approximate surface area is 98.4 Å². The summed E-state index contributed by atoms with van der Waals surface area (Å²) in [5.41, 5.74) is 9.77. The van der Waals surface area contributed by atoms with E-state index in [0.29, 0.717) is 0 Å². The van der Waals surface area contributed by atoms with Gasteiger partial charge in [0.15, 0.2) is 0 Å². The van der Waals surface area contributed by atoms with Crippen LogP contribution in [0, 0.1) is 11.8 Å². The van der Waals surface area contributed by atoms with E-state index in [4.69, 9.17) is 0 Å². The molecule has 0 aromatic rings. The van der Waals surface area contributed by atoms with Crippen molar-refractivity contribution in [1.82, 2.24) is 0 Å². The standard InChI is InChI=1S/C16H20/c1-2-4-6-8-10-15-13(9-7-5-3-1)11-14-12-16(14)15/h5,10,14,16H,1-4,6,8,11-12H2/b13-5?,15-10+/t14-,16?/m1/s1. The van der Waals surface area contributed by atoms with E-state index in [1.807, 2.05) is 0 Å². The number of allylic oxidation sites excluding steroid dienone is 4. The Morgan fingerprint density at radius 1 is 1.06 bits per heavy atom. The molecular formula is C16H20. The molecule has 3 aliphatic carbocycles. The quantitative estimate of drug-likeness (QED) is 0.517. The molecular weight excluding hydrogens is 192 g/mol. The summed E-state index contributed by atoms with van der Waals surface area (Å²) in [5.74, 6) is 1.88. The summed E-state index contributed by atoms with van der Waals surface area (Å²) in [4.78, 5) is 0. The van der Waals surface area contributed by atoms with E-state index in [1.165, 1.54) is 56.9 Å². The second-order valence-corrected chi connectivity index (χ2v) is 5.41. The Hall–Kier alpha value is -0.960. The smallest absolute Gasteiger partial charge is 0.00584 e. The van der Waals surface area contributed by atoms with Crippen molar-refractivity contribution in [1.29, 1.82) is 0 Å². The molecule has 3 aliphatic rings. The molecule has 0 bridgehead atoms. The summed E-state index contributed by atoms with van der Waals surface area (Å²) >= 11 is 0. The lowest BCUT2D eigenvalue weighted by Gasteiger charge is -2.03. The molecule has 2 atom stereocenters. The number of fused-ring (bicyclic) bond motifs is 3. The third kappa shape index (κ3) is 2.09. The fourth-order valence-corrected chi connectivity index (χ4v) is 3.07. The van der Waals surface area contributed by atoms with Crippen LogP contribution >= 0.6 is 0 Å². The van der Waals surface area contributed by atoms with Gasteiger partial charge in [-0.2, -0.15) is 0 Å². The third-order valence-electron chi connectivity index (χ3n) is 4.13. The maximum Gasteiger partial charge on any atom is 0.00584 e. The van der Waals surface area contributed by atoms with Crippen molar-refractivity contribution < 1.29 is 0 Å². The van der Waals surface area contributed by atoms with E-state index < -0.39 is 0 Å². The molecule has 0 aliphatic heterocycles. The van der Waals surface area contributed by atoms with Crippen molar-refractivity contribution in [2.24, 2.45) is 11.8 Å². The topological polar surface area (TPSA) is 0 Å². The van der Waals surface area contributed by atoms with Gasteiger partial charge in [0.25, 0.3) is 0 Å². The second kappa shape index (κ2) is 4.50. The van der Waals surface area contributed by atoms with E-state index in [-0.39, 0.29) is 0 Å². The van der Waals surface area contributed by atoms with E-state index in [9.17, 15) is 0 Å². The zero-order chi connectivity index (χ0) is 10.8. The summed E-state index contributed by atoms with van der Waals surface area (Å²) < 4.78 is 0. The molecule has 0 aromatic carbocycles. The molecule has 16 heavy (non-hydrogen) atoms. The second-order valence-electron chi connectivity index (χ2n) is 5.41. The van der Waals surface area contributed by atoms with Crippen LogP contribution in [0.2, 0.25) is 0 Å². The highest BCUT2D eigenvalue weighted by Crippen LogP contribution is 2.57. The molecule has 0 heterocycles. The minimum atomic E-state index is 0.909. The van der Waals surface area contributed by atoms with Crippen molar-refractivity contribution >= 4 is 0 Å². The molecule has 0 nitrogen and oxygen atoms in total. The molecule has 0 heteroatoms. The summed E-state index contributed by atoms with van der Waals surface area (Å²) in [5, 5.41) is 0. The molecule has 0 radical (unpaired) electrons. The highest BCUT2D eigenvalue weighted by atomic mass is 14.5. The van der Waals surface area contributed by atoms with Crippen molar-refractivity contribution in [3.8, 4) is 0 Å². The Morgan fingerprint density at radius 3 is 2.88 bits per heavy atom. The summed E-state index contributed by atoms with van der Waals surface area (Å²) in [6.45, 7) is 0. The lowest BCUT2D eigenvalue weighted by Crippen LogP contribution is -1.86. The lowest BCUT2D eigenvalue weighted by atomic mass is 10.0. The van der Waals surface area contributed by atoms with Crippen molar-refractivity contribution in [2.45, 2.75) is 51.4 Å². The molecule has 2 fully saturated rings. The van der Waals surface area contributed by atoms with E-state index >= 15 is 0 Å². The average Bonchev–Trinajstić information content (AvgIpc) is 2.95. The fraction of sp³-hybridized carbons (Fsp3) is 0.625. The van der Waals surface area contributed by atoms with Gasteiger partial charge in [-0.15, -0.1) is 0 Å². The van der Waals surface area contributed by atoms with Gasteiger partial charge in [-0.25, -0.2) is 0 Å². The van der Waals surface area contributed by atoms with Crippen LogP contribution in [0.25, 0.3) is 0 Å². The third-order valence-corrected chi connectivity index (χ3v) is 4.13. The van der Waals surface area contributed by atoms with Crippen LogP contribution in [0.5, 0.6) is 0 Å². The van der Waals surface area contributed by atoms with Gasteiger partial charge in [-0.3, -0.25) is 0 Å². The normalized spacial score (nSPS) is 36.2. The van der Waals surface area contributed by atoms with Gasteiger partial charge >= 0.3 is 0 Å². The van der Waals surface area contributed by atoms with Crippen molar-refractivity contribution in [3.05, 3.63) is 34.8 Å². The highest BCUT2D eigenvalue weighted by molar-refractivity contribution is 5.43. The van der Waals surface area contributed by atoms with Crippen LogP contribution in [0.1, 0.15) is 51.4 Å². The molecule has 0 amide bonds. The van der Waals surface area contributed by atoms with E-state index in [1.54, 1.807) is 5.57 Å². The average molecular weight is 212 g/mol. The van der Waals surface area contributed by atoms with Gasteiger partial charge in [0.2, 0.25) is 0 Å². The monoisotopic (exact) mass is 212 g/mol. The predicted molar refractivity (Wildman–Crippen MR) is 67.1 cm³/mol. The molecule has 0 N–H and O–H groups in total. The first-order valence-electron chi connectivity index (χ1n) is 6.84. The first-order valence-corrected chi connectivity index (χ1v) is 6.84. The predicted octanol–water partition coefficient (Wildman–Crippen LogP) is 4.54. The fourth-order valence-electron chi connectivity index (χ4n) is 3.07. The van der Waals surface area contributed by atoms with Gasteiger partial charge < -0.3 is 0 Å². The number of hydrogen-bond acceptors (Lipinski definition) is 0. The first-order chi connectivity index (χ1) is 7.95. The largest absolute Gasteiger partial charge is 0.0801 e. The van der Waals surface area contributed by atoms with E-state index in [0.717, 1.165) is 11.8 Å². The molecule has 2 saturated carbocycles. The minimum Gasteiger partial charge on any atom is -0.0801 e. The SMILES string of the molecule is C1=C=C2C[C@@H]3CC3/C2=C/CCCCCCC=1. The molecule has 0 aromatic heterocycles. The maximum absolute atomic E-state index is 3.40. The summed E-state index contributed by atoms with van der Waals surface area (Å²) in [6.07, 6.45) is 15.4. The summed E-state index contributed by atoms with van der Waals surface area (Å²) in [7, 11) is 0. The van der Waals surface area contributed by atoms with Gasteiger partial charge in [0.1, 0.15) is 0 Å². The Bertz CT molecular complexity index is 398. The summed E-state index contributed by atoms with van der Waals surface area (Å²) in [6, 6.07) is 0. The Morgan fingerprint density at radius 2 is 1.94 bits per heavy atom. The Balaban J connectivity index is 1.87. The zero-order valence-corrected chi connectivity index (χ0v) is 9.97. The molecule has 3 rings (SSSR count). The molecule has 0 saturated heterocycles. The van der Waals surface area contributed by atoms with Gasteiger partial charge in [-0.05, 0) is 62.0 Å².